The summed E-state index contributed by atoms with van der Waals surface area (Å²) in [6, 6.07) is 5.15. The van der Waals surface area contributed by atoms with Crippen LogP contribution in [0.1, 0.15) is 57.7 Å². The number of hydrogen-bond donors (Lipinski definition) is 1. The van der Waals surface area contributed by atoms with E-state index < -0.39 is 0 Å². The summed E-state index contributed by atoms with van der Waals surface area (Å²) in [5.41, 5.74) is 8.23. The molecule has 0 spiro atoms. The number of benzene rings is 1. The molecule has 0 saturated heterocycles. The largest absolute Gasteiger partial charge is 0.322 e. The molecule has 20 heavy (non-hydrogen) atoms. The minimum atomic E-state index is -0.164. The van der Waals surface area contributed by atoms with Crippen molar-refractivity contribution in [3.05, 3.63) is 35.1 Å². The number of halogens is 1. The van der Waals surface area contributed by atoms with Gasteiger partial charge in [0.15, 0.2) is 0 Å². The summed E-state index contributed by atoms with van der Waals surface area (Å²) in [6.07, 6.45) is 1.98. The second kappa shape index (κ2) is 7.19. The first-order chi connectivity index (χ1) is 9.46. The van der Waals surface area contributed by atoms with Gasteiger partial charge in [-0.3, -0.25) is 4.90 Å². The van der Waals surface area contributed by atoms with Crippen molar-refractivity contribution in [1.29, 1.82) is 0 Å². The SMILES string of the molecule is CCN(CC)C(CC)(CC)C(N)c1ccc(F)c(C)c1. The van der Waals surface area contributed by atoms with E-state index in [9.17, 15) is 4.39 Å². The van der Waals surface area contributed by atoms with Gasteiger partial charge in [0, 0.05) is 11.6 Å². The van der Waals surface area contributed by atoms with Crippen molar-refractivity contribution in [3.63, 3.8) is 0 Å². The van der Waals surface area contributed by atoms with Crippen molar-refractivity contribution < 1.29 is 4.39 Å². The average molecular weight is 280 g/mol. The Hall–Kier alpha value is -0.930. The van der Waals surface area contributed by atoms with Crippen LogP contribution in [0, 0.1) is 12.7 Å². The van der Waals surface area contributed by atoms with Crippen molar-refractivity contribution in [3.8, 4) is 0 Å². The first-order valence-corrected chi connectivity index (χ1v) is 7.73. The van der Waals surface area contributed by atoms with Gasteiger partial charge in [0.05, 0.1) is 0 Å². The second-order valence-electron chi connectivity index (χ2n) is 5.47. The monoisotopic (exact) mass is 280 g/mol. The van der Waals surface area contributed by atoms with Crippen molar-refractivity contribution in [2.45, 2.75) is 59.0 Å². The van der Waals surface area contributed by atoms with E-state index in [4.69, 9.17) is 5.73 Å². The number of aryl methyl sites for hydroxylation is 1. The third kappa shape index (κ3) is 3.04. The van der Waals surface area contributed by atoms with Gasteiger partial charge in [-0.25, -0.2) is 4.39 Å². The first-order valence-electron chi connectivity index (χ1n) is 7.73. The average Bonchev–Trinajstić information content (AvgIpc) is 2.47. The zero-order chi connectivity index (χ0) is 15.3. The molecule has 0 saturated carbocycles. The first kappa shape index (κ1) is 17.1. The van der Waals surface area contributed by atoms with Crippen LogP contribution in [0.4, 0.5) is 4.39 Å². The van der Waals surface area contributed by atoms with Gasteiger partial charge in [0.2, 0.25) is 0 Å². The Kier molecular flexibility index (Phi) is 6.15. The number of rotatable bonds is 7. The second-order valence-corrected chi connectivity index (χ2v) is 5.47. The van der Waals surface area contributed by atoms with Gasteiger partial charge in [-0.15, -0.1) is 0 Å². The molecule has 0 aromatic heterocycles. The van der Waals surface area contributed by atoms with Crippen molar-refractivity contribution in [1.82, 2.24) is 4.90 Å². The predicted octanol–water partition coefficient (Wildman–Crippen LogP) is 4.03. The van der Waals surface area contributed by atoms with Crippen LogP contribution in [0.3, 0.4) is 0 Å². The molecule has 2 nitrogen and oxygen atoms in total. The minimum absolute atomic E-state index is 0.0617. The molecule has 1 aromatic carbocycles. The number of nitrogens with two attached hydrogens (primary N) is 1. The third-order valence-electron chi connectivity index (χ3n) is 4.74. The maximum Gasteiger partial charge on any atom is 0.126 e. The Morgan fingerprint density at radius 3 is 2.10 bits per heavy atom. The Morgan fingerprint density at radius 2 is 1.70 bits per heavy atom. The minimum Gasteiger partial charge on any atom is -0.322 e. The Bertz CT molecular complexity index is 423. The van der Waals surface area contributed by atoms with E-state index in [0.29, 0.717) is 5.56 Å². The number of nitrogens with zero attached hydrogens (tertiary/aromatic N) is 1. The third-order valence-corrected chi connectivity index (χ3v) is 4.74. The fourth-order valence-electron chi connectivity index (χ4n) is 3.36. The van der Waals surface area contributed by atoms with Gasteiger partial charge < -0.3 is 5.73 Å². The molecule has 2 N–H and O–H groups in total. The lowest BCUT2D eigenvalue weighted by atomic mass is 9.79. The molecule has 0 aliphatic rings. The molecule has 1 aromatic rings. The van der Waals surface area contributed by atoms with Gasteiger partial charge >= 0.3 is 0 Å². The maximum absolute atomic E-state index is 13.5. The Morgan fingerprint density at radius 1 is 1.15 bits per heavy atom. The highest BCUT2D eigenvalue weighted by molar-refractivity contribution is 5.29. The van der Waals surface area contributed by atoms with E-state index in [0.717, 1.165) is 31.5 Å². The summed E-state index contributed by atoms with van der Waals surface area (Å²) in [5.74, 6) is -0.164. The molecule has 0 radical (unpaired) electrons. The zero-order valence-electron chi connectivity index (χ0n) is 13.5. The molecular weight excluding hydrogens is 251 g/mol. The van der Waals surface area contributed by atoms with E-state index in [-0.39, 0.29) is 17.4 Å². The highest BCUT2D eigenvalue weighted by Crippen LogP contribution is 2.36. The van der Waals surface area contributed by atoms with E-state index in [1.807, 2.05) is 12.1 Å². The molecule has 0 aliphatic carbocycles. The van der Waals surface area contributed by atoms with Crippen molar-refractivity contribution in [2.24, 2.45) is 5.73 Å². The lowest BCUT2D eigenvalue weighted by Gasteiger charge is -2.46. The molecule has 0 bridgehead atoms. The summed E-state index contributed by atoms with van der Waals surface area (Å²) < 4.78 is 13.5. The van der Waals surface area contributed by atoms with Crippen LogP contribution < -0.4 is 5.73 Å². The van der Waals surface area contributed by atoms with Crippen LogP contribution in [0.5, 0.6) is 0 Å². The molecule has 114 valence electrons. The molecule has 0 fully saturated rings. The quantitative estimate of drug-likeness (QED) is 0.817. The Labute approximate surface area is 123 Å². The van der Waals surface area contributed by atoms with Crippen molar-refractivity contribution in [2.75, 3.05) is 13.1 Å². The standard InChI is InChI=1S/C17H29FN2/c1-6-17(7-2,20(8-3)9-4)16(19)14-10-11-15(18)13(5)12-14/h10-12,16H,6-9,19H2,1-5H3. The highest BCUT2D eigenvalue weighted by Gasteiger charge is 2.38. The topological polar surface area (TPSA) is 29.3 Å². The summed E-state index contributed by atoms with van der Waals surface area (Å²) in [7, 11) is 0. The fraction of sp³-hybridized carbons (Fsp3) is 0.647. The summed E-state index contributed by atoms with van der Waals surface area (Å²) in [6.45, 7) is 12.5. The predicted molar refractivity (Wildman–Crippen MR) is 84.3 cm³/mol. The molecule has 1 atom stereocenters. The summed E-state index contributed by atoms with van der Waals surface area (Å²) in [4.78, 5) is 2.44. The van der Waals surface area contributed by atoms with Crippen LogP contribution >= 0.6 is 0 Å². The number of likely N-dealkylation sites (N-methyl/N-ethyl adjacent to an activating group) is 1. The van der Waals surface area contributed by atoms with Crippen LogP contribution in [0.15, 0.2) is 18.2 Å². The van der Waals surface area contributed by atoms with Gasteiger partial charge in [-0.2, -0.15) is 0 Å². The van der Waals surface area contributed by atoms with E-state index in [1.54, 1.807) is 6.92 Å². The molecule has 3 heteroatoms. The molecular formula is C17H29FN2. The van der Waals surface area contributed by atoms with Crippen LogP contribution in [-0.2, 0) is 0 Å². The van der Waals surface area contributed by atoms with E-state index in [2.05, 4.69) is 32.6 Å². The molecule has 0 heterocycles. The Balaban J connectivity index is 3.22. The summed E-state index contributed by atoms with van der Waals surface area (Å²) >= 11 is 0. The van der Waals surface area contributed by atoms with Crippen molar-refractivity contribution >= 4 is 0 Å². The molecule has 0 aliphatic heterocycles. The summed E-state index contributed by atoms with van der Waals surface area (Å²) in [5, 5.41) is 0. The number of hydrogen-bond acceptors (Lipinski definition) is 2. The van der Waals surface area contributed by atoms with Gasteiger partial charge in [0.1, 0.15) is 5.82 Å². The molecule has 1 rings (SSSR count). The van der Waals surface area contributed by atoms with Gasteiger partial charge in [-0.05, 0) is 50.0 Å². The zero-order valence-corrected chi connectivity index (χ0v) is 13.5. The smallest absolute Gasteiger partial charge is 0.126 e. The van der Waals surface area contributed by atoms with Crippen LogP contribution in [-0.4, -0.2) is 23.5 Å². The van der Waals surface area contributed by atoms with Gasteiger partial charge in [0.25, 0.3) is 0 Å². The lowest BCUT2D eigenvalue weighted by Crippen LogP contribution is -2.54. The highest BCUT2D eigenvalue weighted by atomic mass is 19.1. The van der Waals surface area contributed by atoms with Crippen LogP contribution in [0.25, 0.3) is 0 Å². The maximum atomic E-state index is 13.5. The lowest BCUT2D eigenvalue weighted by molar-refractivity contribution is 0.0625. The van der Waals surface area contributed by atoms with Crippen LogP contribution in [0.2, 0.25) is 0 Å². The van der Waals surface area contributed by atoms with E-state index >= 15 is 0 Å². The molecule has 0 amide bonds. The normalized spacial score (nSPS) is 13.8. The van der Waals surface area contributed by atoms with E-state index in [1.165, 1.54) is 6.07 Å². The van der Waals surface area contributed by atoms with Gasteiger partial charge in [-0.1, -0.05) is 39.8 Å². The molecule has 1 unspecified atom stereocenters. The fourth-order valence-corrected chi connectivity index (χ4v) is 3.36.